The molecule has 0 unspecified atom stereocenters. The summed E-state index contributed by atoms with van der Waals surface area (Å²) in [5, 5.41) is 17.2. The van der Waals surface area contributed by atoms with Gasteiger partial charge in [0.15, 0.2) is 29.9 Å². The van der Waals surface area contributed by atoms with Gasteiger partial charge in [-0.2, -0.15) is 69.1 Å². The number of hydrazone groups is 4. The van der Waals surface area contributed by atoms with Crippen molar-refractivity contribution in [3.05, 3.63) is 281 Å². The number of morpholine rings is 4. The van der Waals surface area contributed by atoms with Crippen LogP contribution in [-0.4, -0.2) is 221 Å². The maximum atomic E-state index is 14.5. The molecule has 0 saturated carbocycles. The number of hydrogen-bond acceptors (Lipinski definition) is 33. The van der Waals surface area contributed by atoms with E-state index in [0.29, 0.717) is 152 Å². The molecule has 4 fully saturated rings. The smallest absolute Gasteiger partial charge is 0.322 e. The van der Waals surface area contributed by atoms with Crippen molar-refractivity contribution in [2.24, 2.45) is 20.4 Å². The average Bonchev–Trinajstić information content (AvgIpc) is 0.831. The lowest BCUT2D eigenvalue weighted by Crippen LogP contribution is -2.37. The summed E-state index contributed by atoms with van der Waals surface area (Å²) in [5.74, 6) is 1.65. The lowest BCUT2D eigenvalue weighted by atomic mass is 10.2. The second kappa shape index (κ2) is 47.8. The van der Waals surface area contributed by atoms with Crippen molar-refractivity contribution >= 4 is 71.4 Å². The van der Waals surface area contributed by atoms with Gasteiger partial charge >= 0.3 is 30.0 Å². The first kappa shape index (κ1) is 88.5. The van der Waals surface area contributed by atoms with E-state index >= 15 is 0 Å². The zero-order chi connectivity index (χ0) is 86.1. The molecule has 4 aliphatic heterocycles. The highest BCUT2D eigenvalue weighted by Gasteiger charge is 2.35. The Labute approximate surface area is 723 Å². The molecule has 4 aliphatic rings. The Balaban J connectivity index is 0.000000143. The van der Waals surface area contributed by atoms with Crippen LogP contribution in [0.25, 0.3) is 0 Å². The van der Waals surface area contributed by atoms with Gasteiger partial charge < -0.3 is 57.5 Å². The fraction of sp³-hybridized carbons (Fsp3) is 0.300. The largest absolute Gasteiger partial charge is 0.463 e. The van der Waals surface area contributed by atoms with E-state index in [2.05, 4.69) is 160 Å². The molecule has 646 valence electrons. The number of rotatable bonds is 32. The summed E-state index contributed by atoms with van der Waals surface area (Å²) in [7, 11) is 0. The summed E-state index contributed by atoms with van der Waals surface area (Å²) >= 11 is 0. The first-order chi connectivity index (χ1) is 61.4. The van der Waals surface area contributed by atoms with Gasteiger partial charge in [-0.15, -0.1) is 0 Å². The minimum Gasteiger partial charge on any atom is -0.463 e. The van der Waals surface area contributed by atoms with Crippen molar-refractivity contribution in [3.63, 3.8) is 0 Å². The molecular weight excluding hydrogens is 1600 g/mol. The van der Waals surface area contributed by atoms with Crippen molar-refractivity contribution in [2.75, 3.05) is 173 Å². The maximum absolute atomic E-state index is 14.5. The minimum atomic E-state index is -3.30. The summed E-state index contributed by atoms with van der Waals surface area (Å²) < 4.78 is 73.6. The van der Waals surface area contributed by atoms with Crippen LogP contribution in [0.2, 0.25) is 0 Å². The number of anilines is 8. The molecule has 0 amide bonds. The van der Waals surface area contributed by atoms with Crippen molar-refractivity contribution in [2.45, 2.75) is 46.0 Å². The second-order valence-electron chi connectivity index (χ2n) is 28.4. The highest BCUT2D eigenvalue weighted by atomic mass is 19.3. The summed E-state index contributed by atoms with van der Waals surface area (Å²) in [6.45, 7) is 17.4. The minimum absolute atomic E-state index is 0.178. The third-order valence-corrected chi connectivity index (χ3v) is 18.9. The number of hydrogen-bond donors (Lipinski definition) is 4. The van der Waals surface area contributed by atoms with Gasteiger partial charge in [-0.05, 0) is 79.4 Å². The zero-order valence-electron chi connectivity index (χ0n) is 69.8. The van der Waals surface area contributed by atoms with Crippen molar-refractivity contribution in [3.8, 4) is 24.0 Å². The van der Waals surface area contributed by atoms with Crippen LogP contribution in [0.1, 0.15) is 61.7 Å². The van der Waals surface area contributed by atoms with Gasteiger partial charge in [0.25, 0.3) is 0 Å². The van der Waals surface area contributed by atoms with Crippen LogP contribution in [0.5, 0.6) is 24.0 Å². The fourth-order valence-electron chi connectivity index (χ4n) is 12.5. The average molecular weight is 1700 g/mol. The second-order valence-corrected chi connectivity index (χ2v) is 28.4. The van der Waals surface area contributed by atoms with Gasteiger partial charge in [-0.1, -0.05) is 138 Å². The third kappa shape index (κ3) is 30.1. The Morgan fingerprint density at radius 1 is 0.344 bits per heavy atom. The number of aryl methyl sites for hydroxylation is 3. The predicted molar refractivity (Wildman–Crippen MR) is 477 cm³/mol. The number of halogens is 2. The van der Waals surface area contributed by atoms with Crippen LogP contribution in [0.3, 0.4) is 0 Å². The van der Waals surface area contributed by atoms with Crippen LogP contribution in [0.15, 0.2) is 240 Å². The first-order valence-corrected chi connectivity index (χ1v) is 41.0. The molecule has 0 spiro atoms. The van der Waals surface area contributed by atoms with Crippen molar-refractivity contribution in [1.82, 2.24) is 64.8 Å². The molecule has 8 aromatic heterocycles. The topological polar surface area (TPSA) is 352 Å². The Morgan fingerprint density at radius 2 is 0.672 bits per heavy atom. The van der Waals surface area contributed by atoms with E-state index in [1.54, 1.807) is 68.0 Å². The number of nitrogens with one attached hydrogen (secondary N) is 4. The van der Waals surface area contributed by atoms with E-state index < -0.39 is 12.5 Å². The molecule has 16 rings (SSSR count). The van der Waals surface area contributed by atoms with E-state index in [4.69, 9.17) is 37.9 Å². The van der Waals surface area contributed by atoms with Crippen molar-refractivity contribution < 1.29 is 46.7 Å². The first-order valence-electron chi connectivity index (χ1n) is 41.0. The molecule has 0 atom stereocenters. The van der Waals surface area contributed by atoms with E-state index in [9.17, 15) is 8.78 Å². The number of pyridine rings is 3. The number of aromatic nitrogens is 13. The van der Waals surface area contributed by atoms with Gasteiger partial charge in [0, 0.05) is 144 Å². The Bertz CT molecular complexity index is 5210. The molecule has 12 aromatic rings. The molecule has 125 heavy (non-hydrogen) atoms. The SMILES string of the molecule is C(=N\Nc1cc(N2CCOCC2)nc(OCCc2ccccn2)n1)/c1ccccc1.Cc1cccc(/C=N/Nc2cc(N3CCOCC3)nc(OCC(F)(F)c3ccccn3)n2)c1.Cc1cccc(/C=N/Nc2cc(N3CCOCC3)nc(OCCc3ccccn3)n2)c1.Cc1cccc(/C=N/Nc2cc(N3CCOCC3)nc(OCCc3cnccn3)n2)c1. The molecule has 4 N–H and O–H groups in total. The summed E-state index contributed by atoms with van der Waals surface area (Å²) in [6.07, 6.45) is 18.8. The normalized spacial score (nSPS) is 14.2. The van der Waals surface area contributed by atoms with Crippen molar-refractivity contribution in [1.29, 1.82) is 0 Å². The van der Waals surface area contributed by atoms with E-state index in [0.717, 1.165) is 102 Å². The van der Waals surface area contributed by atoms with Gasteiger partial charge in [0.2, 0.25) is 0 Å². The number of alkyl halides is 2. The Morgan fingerprint density at radius 3 is 1.01 bits per heavy atom. The summed E-state index contributed by atoms with van der Waals surface area (Å²) in [6, 6.07) is 58.0. The van der Waals surface area contributed by atoms with Crippen LogP contribution >= 0.6 is 0 Å². The Hall–Kier alpha value is -14.3. The van der Waals surface area contributed by atoms with Crippen LogP contribution in [0, 0.1) is 20.8 Å². The van der Waals surface area contributed by atoms with E-state index in [-0.39, 0.29) is 11.7 Å². The Kier molecular flexibility index (Phi) is 33.8. The third-order valence-electron chi connectivity index (χ3n) is 18.9. The van der Waals surface area contributed by atoms with Gasteiger partial charge in [-0.3, -0.25) is 46.6 Å². The standard InChI is InChI=1S/C23H24F2N6O2.C23H26N6O2.C22H25N7O2.C22H24N6O2/c1-17-5-4-6-18(13-17)15-27-30-20-14-21(31-9-11-32-12-10-31)29-22(28-20)33-16-23(24,25)19-7-2-3-8-26-19;1-18-5-4-6-19(15-18)17-25-28-21-16-22(29-10-13-30-14-11-29)27-23(26-21)31-12-8-20-7-2-3-9-24-20;1-17-3-2-4-18(13-17)15-25-28-20-14-21(29-8-11-30-12-9-29)27-22(26-20)31-10-5-19-16-23-6-7-24-19;1-2-6-18(7-3-1)17-24-27-20-16-21(28-11-14-29-15-12-28)26-22(25-20)30-13-9-19-8-4-5-10-23-19/h2-8,13-15H,9-12,16H2,1H3,(H,28,29,30);2-7,9,15-17H,8,10-14H2,1H3,(H,26,27,28);2-4,6-7,13-16H,5,8-12H2,1H3,(H,26,27,28);1-8,10,16-17H,9,11-15H2,(H,25,26,27)/b27-15+;25-17+;25-15+;24-17+. The number of nitrogens with zero attached hydrogens (tertiary/aromatic N) is 21. The van der Waals surface area contributed by atoms with Crippen LogP contribution in [-0.2, 0) is 44.1 Å². The highest BCUT2D eigenvalue weighted by Crippen LogP contribution is 2.30. The molecule has 0 radical (unpaired) electrons. The zero-order valence-corrected chi connectivity index (χ0v) is 69.8. The summed E-state index contributed by atoms with van der Waals surface area (Å²) in [4.78, 5) is 64.8. The van der Waals surface area contributed by atoms with E-state index in [1.165, 1.54) is 29.5 Å². The van der Waals surface area contributed by atoms with Crippen LogP contribution in [0.4, 0.5) is 55.3 Å². The van der Waals surface area contributed by atoms with Gasteiger partial charge in [-0.25, -0.2) is 0 Å². The number of benzene rings is 4. The van der Waals surface area contributed by atoms with Crippen LogP contribution < -0.4 is 60.3 Å². The van der Waals surface area contributed by atoms with Gasteiger partial charge in [0.1, 0.15) is 29.0 Å². The fourth-order valence-corrected chi connectivity index (χ4v) is 12.5. The molecule has 35 heteroatoms. The summed E-state index contributed by atoms with van der Waals surface area (Å²) in [5.41, 5.74) is 21.7. The quantitative estimate of drug-likeness (QED) is 0.0225. The molecule has 0 bridgehead atoms. The molecule has 12 heterocycles. The molecule has 4 aromatic carbocycles. The lowest BCUT2D eigenvalue weighted by molar-refractivity contribution is -0.0527. The number of ether oxygens (including phenoxy) is 8. The molecule has 0 aliphatic carbocycles. The molecule has 4 saturated heterocycles. The highest BCUT2D eigenvalue weighted by molar-refractivity contribution is 5.82. The molecular formula is C90H99F2N25O8. The lowest BCUT2D eigenvalue weighted by Gasteiger charge is -2.28. The van der Waals surface area contributed by atoms with Gasteiger partial charge in [0.05, 0.1) is 103 Å². The predicted octanol–water partition coefficient (Wildman–Crippen LogP) is 12.0. The van der Waals surface area contributed by atoms with E-state index in [1.807, 2.05) is 145 Å². The molecule has 33 nitrogen and oxygen atoms in total. The monoisotopic (exact) mass is 1700 g/mol. The maximum Gasteiger partial charge on any atom is 0.322 e.